The van der Waals surface area contributed by atoms with Gasteiger partial charge in [-0.15, -0.1) is 0 Å². The van der Waals surface area contributed by atoms with Gasteiger partial charge in [-0.1, -0.05) is 48.0 Å². The summed E-state index contributed by atoms with van der Waals surface area (Å²) in [4.78, 5) is 4.41. The van der Waals surface area contributed by atoms with Crippen LogP contribution >= 0.6 is 11.6 Å². The van der Waals surface area contributed by atoms with Crippen LogP contribution in [0.2, 0.25) is 5.02 Å². The molecule has 0 amide bonds. The van der Waals surface area contributed by atoms with Crippen LogP contribution in [-0.4, -0.2) is 9.55 Å². The fourth-order valence-electron chi connectivity index (χ4n) is 2.50. The Bertz CT molecular complexity index is 796. The normalized spacial score (nSPS) is 10.7. The van der Waals surface area contributed by atoms with E-state index in [0.717, 1.165) is 28.4 Å². The van der Waals surface area contributed by atoms with Crippen LogP contribution in [0.4, 0.5) is 0 Å². The fraction of sp³-hybridized carbons (Fsp3) is 0.211. The van der Waals surface area contributed by atoms with Crippen molar-refractivity contribution in [1.29, 1.82) is 0 Å². The van der Waals surface area contributed by atoms with E-state index in [1.807, 2.05) is 68.6 Å². The van der Waals surface area contributed by atoms with E-state index in [2.05, 4.69) is 9.55 Å². The summed E-state index contributed by atoms with van der Waals surface area (Å²) >= 11 is 6.41. The van der Waals surface area contributed by atoms with Gasteiger partial charge in [0.2, 0.25) is 0 Å². The highest BCUT2D eigenvalue weighted by Crippen LogP contribution is 2.24. The van der Waals surface area contributed by atoms with E-state index in [0.29, 0.717) is 18.2 Å². The minimum Gasteiger partial charge on any atom is -0.489 e. The molecule has 0 aliphatic rings. The van der Waals surface area contributed by atoms with Gasteiger partial charge in [0.05, 0.1) is 12.2 Å². The van der Waals surface area contributed by atoms with Gasteiger partial charge in [-0.05, 0) is 37.1 Å². The van der Waals surface area contributed by atoms with Gasteiger partial charge in [0.15, 0.2) is 0 Å². The Morgan fingerprint density at radius 3 is 2.52 bits per heavy atom. The summed E-state index contributed by atoms with van der Waals surface area (Å²) in [5.41, 5.74) is 3.21. The fourth-order valence-corrected chi connectivity index (χ4v) is 2.73. The second kappa shape index (κ2) is 6.88. The van der Waals surface area contributed by atoms with E-state index in [9.17, 15) is 0 Å². The number of halogens is 1. The third-order valence-electron chi connectivity index (χ3n) is 3.71. The zero-order valence-electron chi connectivity index (χ0n) is 13.3. The van der Waals surface area contributed by atoms with Gasteiger partial charge < -0.3 is 9.30 Å². The van der Waals surface area contributed by atoms with Crippen LogP contribution in [0.15, 0.2) is 54.7 Å². The quantitative estimate of drug-likeness (QED) is 0.674. The standard InChI is InChI=1S/C19H19ClN2O/c1-14-11-22(15(2)21-14)12-17-8-9-18(10-19(17)20)23-13-16-6-4-3-5-7-16/h3-11H,12-13H2,1-2H3. The molecule has 0 spiro atoms. The molecular weight excluding hydrogens is 308 g/mol. The van der Waals surface area contributed by atoms with Crippen molar-refractivity contribution < 1.29 is 4.74 Å². The molecule has 1 heterocycles. The second-order valence-corrected chi connectivity index (χ2v) is 5.99. The Hall–Kier alpha value is -2.26. The minimum atomic E-state index is 0.538. The number of nitrogens with zero attached hydrogens (tertiary/aromatic N) is 2. The molecule has 3 aromatic rings. The number of hydrogen-bond donors (Lipinski definition) is 0. The molecule has 4 heteroatoms. The maximum atomic E-state index is 6.41. The SMILES string of the molecule is Cc1cn(Cc2ccc(OCc3ccccc3)cc2Cl)c(C)n1. The smallest absolute Gasteiger partial charge is 0.121 e. The number of aryl methyl sites for hydroxylation is 2. The largest absolute Gasteiger partial charge is 0.489 e. The highest BCUT2D eigenvalue weighted by atomic mass is 35.5. The van der Waals surface area contributed by atoms with E-state index in [-0.39, 0.29) is 0 Å². The molecule has 0 fully saturated rings. The van der Waals surface area contributed by atoms with Crippen molar-refractivity contribution in [3.05, 3.63) is 82.4 Å². The molecule has 0 saturated carbocycles. The first kappa shape index (κ1) is 15.6. The molecule has 0 aliphatic heterocycles. The lowest BCUT2D eigenvalue weighted by Gasteiger charge is -2.10. The number of benzene rings is 2. The predicted molar refractivity (Wildman–Crippen MR) is 93.0 cm³/mol. The molecule has 3 rings (SSSR count). The summed E-state index contributed by atoms with van der Waals surface area (Å²) in [6.07, 6.45) is 2.03. The van der Waals surface area contributed by atoms with Gasteiger partial charge in [0.1, 0.15) is 18.2 Å². The minimum absolute atomic E-state index is 0.538. The lowest BCUT2D eigenvalue weighted by molar-refractivity contribution is 0.306. The van der Waals surface area contributed by atoms with Crippen molar-refractivity contribution >= 4 is 11.6 Å². The summed E-state index contributed by atoms with van der Waals surface area (Å²) in [7, 11) is 0. The maximum absolute atomic E-state index is 6.41. The molecule has 2 aromatic carbocycles. The van der Waals surface area contributed by atoms with Gasteiger partial charge >= 0.3 is 0 Å². The Kier molecular flexibility index (Phi) is 4.68. The molecule has 118 valence electrons. The molecule has 0 radical (unpaired) electrons. The van der Waals surface area contributed by atoms with Crippen LogP contribution in [0.3, 0.4) is 0 Å². The van der Waals surface area contributed by atoms with E-state index < -0.39 is 0 Å². The van der Waals surface area contributed by atoms with Crippen LogP contribution in [0, 0.1) is 13.8 Å². The van der Waals surface area contributed by atoms with E-state index in [1.54, 1.807) is 0 Å². The van der Waals surface area contributed by atoms with Gasteiger partial charge in [-0.2, -0.15) is 0 Å². The first-order valence-corrected chi connectivity index (χ1v) is 7.95. The van der Waals surface area contributed by atoms with Gasteiger partial charge in [-0.3, -0.25) is 0 Å². The van der Waals surface area contributed by atoms with E-state index in [1.165, 1.54) is 0 Å². The Balaban J connectivity index is 1.69. The van der Waals surface area contributed by atoms with Crippen LogP contribution in [0.5, 0.6) is 5.75 Å². The lowest BCUT2D eigenvalue weighted by Crippen LogP contribution is -2.02. The number of imidazole rings is 1. The Labute approximate surface area is 141 Å². The molecule has 3 nitrogen and oxygen atoms in total. The summed E-state index contributed by atoms with van der Waals surface area (Å²) in [5.74, 6) is 1.77. The summed E-state index contributed by atoms with van der Waals surface area (Å²) in [6, 6.07) is 15.9. The van der Waals surface area contributed by atoms with Crippen molar-refractivity contribution in [2.75, 3.05) is 0 Å². The number of ether oxygens (including phenoxy) is 1. The maximum Gasteiger partial charge on any atom is 0.121 e. The average molecular weight is 327 g/mol. The van der Waals surface area contributed by atoms with Gasteiger partial charge in [0, 0.05) is 11.2 Å². The van der Waals surface area contributed by atoms with Crippen molar-refractivity contribution in [1.82, 2.24) is 9.55 Å². The van der Waals surface area contributed by atoms with Crippen molar-refractivity contribution in [3.8, 4) is 5.75 Å². The van der Waals surface area contributed by atoms with Crippen LogP contribution < -0.4 is 4.74 Å². The molecular formula is C19H19ClN2O. The zero-order valence-corrected chi connectivity index (χ0v) is 14.0. The lowest BCUT2D eigenvalue weighted by atomic mass is 10.2. The highest BCUT2D eigenvalue weighted by Gasteiger charge is 2.07. The molecule has 0 bridgehead atoms. The van der Waals surface area contributed by atoms with Crippen molar-refractivity contribution in [2.24, 2.45) is 0 Å². The van der Waals surface area contributed by atoms with Crippen molar-refractivity contribution in [2.45, 2.75) is 27.0 Å². The van der Waals surface area contributed by atoms with Crippen LogP contribution in [-0.2, 0) is 13.2 Å². The topological polar surface area (TPSA) is 27.1 Å². The van der Waals surface area contributed by atoms with Crippen molar-refractivity contribution in [3.63, 3.8) is 0 Å². The van der Waals surface area contributed by atoms with Crippen LogP contribution in [0.1, 0.15) is 22.6 Å². The first-order chi connectivity index (χ1) is 11.1. The number of aromatic nitrogens is 2. The average Bonchev–Trinajstić information content (AvgIpc) is 2.86. The number of rotatable bonds is 5. The Morgan fingerprint density at radius 1 is 1.09 bits per heavy atom. The number of hydrogen-bond acceptors (Lipinski definition) is 2. The Morgan fingerprint density at radius 2 is 1.87 bits per heavy atom. The molecule has 0 unspecified atom stereocenters. The first-order valence-electron chi connectivity index (χ1n) is 7.57. The molecule has 0 saturated heterocycles. The summed E-state index contributed by atoms with van der Waals surface area (Å²) in [5, 5.41) is 0.710. The summed E-state index contributed by atoms with van der Waals surface area (Å²) < 4.78 is 7.90. The zero-order chi connectivity index (χ0) is 16.2. The third-order valence-corrected chi connectivity index (χ3v) is 4.06. The molecule has 0 aliphatic carbocycles. The molecule has 1 aromatic heterocycles. The predicted octanol–water partition coefficient (Wildman–Crippen LogP) is 4.78. The molecule has 0 N–H and O–H groups in total. The van der Waals surface area contributed by atoms with Gasteiger partial charge in [0.25, 0.3) is 0 Å². The van der Waals surface area contributed by atoms with Crippen LogP contribution in [0.25, 0.3) is 0 Å². The van der Waals surface area contributed by atoms with E-state index in [4.69, 9.17) is 16.3 Å². The summed E-state index contributed by atoms with van der Waals surface area (Å²) in [6.45, 7) is 5.24. The van der Waals surface area contributed by atoms with E-state index >= 15 is 0 Å². The third kappa shape index (κ3) is 3.93. The molecule has 23 heavy (non-hydrogen) atoms. The van der Waals surface area contributed by atoms with Gasteiger partial charge in [-0.25, -0.2) is 4.98 Å². The highest BCUT2D eigenvalue weighted by molar-refractivity contribution is 6.31. The molecule has 0 atom stereocenters. The monoisotopic (exact) mass is 326 g/mol. The second-order valence-electron chi connectivity index (χ2n) is 5.58.